The lowest BCUT2D eigenvalue weighted by Crippen LogP contribution is -2.35. The number of nitrogens with two attached hydrogens (primary N) is 1. The summed E-state index contributed by atoms with van der Waals surface area (Å²) < 4.78 is 13.6. The molecule has 1 saturated carbocycles. The third-order valence-electron chi connectivity index (χ3n) is 3.30. The number of carbonyl (C=O) groups excluding carboxylic acids is 1. The summed E-state index contributed by atoms with van der Waals surface area (Å²) in [5.74, 6) is -0.661. The van der Waals surface area contributed by atoms with Gasteiger partial charge in [0.25, 0.3) is 5.91 Å². The number of nitrogen functional groups attached to an aromatic ring is 1. The van der Waals surface area contributed by atoms with E-state index in [0.717, 1.165) is 18.8 Å². The molecule has 4 nitrogen and oxygen atoms in total. The highest BCUT2D eigenvalue weighted by molar-refractivity contribution is 5.95. The van der Waals surface area contributed by atoms with Crippen LogP contribution in [0.2, 0.25) is 0 Å². The standard InChI is InChI=1S/C13H18FN3O/c1-2-9(7-8-3-4-8)17-13(18)10-5-6-16-12(15)11(10)14/h5-6,8-9H,2-4,7H2,1H3,(H2,15,16)(H,17,18). The number of hydrogen-bond donors (Lipinski definition) is 2. The van der Waals surface area contributed by atoms with Crippen molar-refractivity contribution in [3.8, 4) is 0 Å². The van der Waals surface area contributed by atoms with Gasteiger partial charge in [-0.3, -0.25) is 4.79 Å². The molecule has 1 heterocycles. The molecule has 18 heavy (non-hydrogen) atoms. The van der Waals surface area contributed by atoms with Crippen molar-refractivity contribution in [1.29, 1.82) is 0 Å². The summed E-state index contributed by atoms with van der Waals surface area (Å²) in [4.78, 5) is 15.6. The number of anilines is 1. The molecule has 1 aromatic rings. The van der Waals surface area contributed by atoms with E-state index in [9.17, 15) is 9.18 Å². The monoisotopic (exact) mass is 251 g/mol. The first kappa shape index (κ1) is 12.8. The molecule has 5 heteroatoms. The highest BCUT2D eigenvalue weighted by Gasteiger charge is 2.26. The van der Waals surface area contributed by atoms with Gasteiger partial charge in [-0.25, -0.2) is 9.37 Å². The maximum atomic E-state index is 13.6. The number of halogens is 1. The molecule has 0 spiro atoms. The quantitative estimate of drug-likeness (QED) is 0.842. The molecule has 3 N–H and O–H groups in total. The zero-order valence-electron chi connectivity index (χ0n) is 10.4. The van der Waals surface area contributed by atoms with Gasteiger partial charge in [0, 0.05) is 12.2 Å². The largest absolute Gasteiger partial charge is 0.381 e. The molecule has 0 radical (unpaired) electrons. The van der Waals surface area contributed by atoms with Crippen LogP contribution < -0.4 is 11.1 Å². The Kier molecular flexibility index (Phi) is 3.79. The number of nitrogens with one attached hydrogen (secondary N) is 1. The molecule has 1 amide bonds. The third kappa shape index (κ3) is 2.97. The van der Waals surface area contributed by atoms with Gasteiger partial charge < -0.3 is 11.1 Å². The normalized spacial score (nSPS) is 16.3. The van der Waals surface area contributed by atoms with E-state index in [0.29, 0.717) is 0 Å². The van der Waals surface area contributed by atoms with Crippen LogP contribution in [-0.2, 0) is 0 Å². The Hall–Kier alpha value is -1.65. The van der Waals surface area contributed by atoms with Gasteiger partial charge in [-0.1, -0.05) is 19.8 Å². The van der Waals surface area contributed by atoms with Crippen molar-refractivity contribution in [2.75, 3.05) is 5.73 Å². The van der Waals surface area contributed by atoms with Crippen LogP contribution in [0.1, 0.15) is 43.0 Å². The average molecular weight is 251 g/mol. The Labute approximate surface area is 106 Å². The topological polar surface area (TPSA) is 68.0 Å². The van der Waals surface area contributed by atoms with Gasteiger partial charge in [0.15, 0.2) is 11.6 Å². The third-order valence-corrected chi connectivity index (χ3v) is 3.30. The van der Waals surface area contributed by atoms with E-state index in [1.165, 1.54) is 25.1 Å². The first-order valence-electron chi connectivity index (χ1n) is 6.32. The van der Waals surface area contributed by atoms with E-state index in [1.54, 1.807) is 0 Å². The highest BCUT2D eigenvalue weighted by atomic mass is 19.1. The summed E-state index contributed by atoms with van der Waals surface area (Å²) in [5.41, 5.74) is 5.32. The van der Waals surface area contributed by atoms with Gasteiger partial charge in [0.1, 0.15) is 0 Å². The SMILES string of the molecule is CCC(CC1CC1)NC(=O)c1ccnc(N)c1F. The van der Waals surface area contributed by atoms with Crippen LogP contribution in [0.15, 0.2) is 12.3 Å². The fourth-order valence-electron chi connectivity index (χ4n) is 1.98. The molecule has 1 aliphatic carbocycles. The van der Waals surface area contributed by atoms with E-state index in [2.05, 4.69) is 10.3 Å². The van der Waals surface area contributed by atoms with Gasteiger partial charge in [0.05, 0.1) is 5.56 Å². The Morgan fingerprint density at radius 1 is 1.67 bits per heavy atom. The smallest absolute Gasteiger partial charge is 0.254 e. The maximum absolute atomic E-state index is 13.6. The van der Waals surface area contributed by atoms with E-state index in [1.807, 2.05) is 6.92 Å². The van der Waals surface area contributed by atoms with Crippen LogP contribution in [0.3, 0.4) is 0 Å². The van der Waals surface area contributed by atoms with Gasteiger partial charge >= 0.3 is 0 Å². The summed E-state index contributed by atoms with van der Waals surface area (Å²) in [6.07, 6.45) is 5.65. The number of carbonyl (C=O) groups is 1. The summed E-state index contributed by atoms with van der Waals surface area (Å²) in [7, 11) is 0. The molecule has 98 valence electrons. The minimum atomic E-state index is -0.740. The molecular weight excluding hydrogens is 233 g/mol. The number of pyridine rings is 1. The Balaban J connectivity index is 2.03. The highest BCUT2D eigenvalue weighted by Crippen LogP contribution is 2.34. The fraction of sp³-hybridized carbons (Fsp3) is 0.538. The van der Waals surface area contributed by atoms with Gasteiger partial charge in [-0.15, -0.1) is 0 Å². The Morgan fingerprint density at radius 3 is 3.00 bits per heavy atom. The van der Waals surface area contributed by atoms with Crippen LogP contribution in [0.4, 0.5) is 10.2 Å². The molecule has 0 aromatic carbocycles. The minimum Gasteiger partial charge on any atom is -0.381 e. The van der Waals surface area contributed by atoms with Crippen LogP contribution in [0.5, 0.6) is 0 Å². The summed E-state index contributed by atoms with van der Waals surface area (Å²) >= 11 is 0. The van der Waals surface area contributed by atoms with E-state index in [-0.39, 0.29) is 17.4 Å². The molecule has 1 atom stereocenters. The molecule has 1 fully saturated rings. The molecule has 1 aromatic heterocycles. The average Bonchev–Trinajstić information content (AvgIpc) is 3.15. The summed E-state index contributed by atoms with van der Waals surface area (Å²) in [6, 6.07) is 1.46. The van der Waals surface area contributed by atoms with Crippen molar-refractivity contribution in [2.45, 2.75) is 38.6 Å². The first-order chi connectivity index (χ1) is 8.61. The van der Waals surface area contributed by atoms with E-state index < -0.39 is 11.7 Å². The van der Waals surface area contributed by atoms with Crippen LogP contribution in [0, 0.1) is 11.7 Å². The summed E-state index contributed by atoms with van der Waals surface area (Å²) in [6.45, 7) is 2.02. The molecule has 2 rings (SSSR count). The van der Waals surface area contributed by atoms with Crippen molar-refractivity contribution < 1.29 is 9.18 Å². The number of rotatable bonds is 5. The molecule has 0 bridgehead atoms. The molecule has 1 unspecified atom stereocenters. The predicted molar refractivity (Wildman–Crippen MR) is 67.5 cm³/mol. The summed E-state index contributed by atoms with van der Waals surface area (Å²) in [5, 5.41) is 2.86. The van der Waals surface area contributed by atoms with E-state index >= 15 is 0 Å². The number of nitrogens with zero attached hydrogens (tertiary/aromatic N) is 1. The van der Waals surface area contributed by atoms with Crippen LogP contribution in [0.25, 0.3) is 0 Å². The Bertz CT molecular complexity index is 446. The second kappa shape index (κ2) is 5.33. The van der Waals surface area contributed by atoms with Crippen molar-refractivity contribution in [3.05, 3.63) is 23.6 Å². The van der Waals surface area contributed by atoms with Gasteiger partial charge in [-0.05, 0) is 24.8 Å². The molecular formula is C13H18FN3O. The molecule has 0 aliphatic heterocycles. The number of amides is 1. The van der Waals surface area contributed by atoms with Gasteiger partial charge in [0.2, 0.25) is 0 Å². The fourth-order valence-corrected chi connectivity index (χ4v) is 1.98. The maximum Gasteiger partial charge on any atom is 0.254 e. The van der Waals surface area contributed by atoms with Crippen molar-refractivity contribution in [3.63, 3.8) is 0 Å². The van der Waals surface area contributed by atoms with Crippen LogP contribution in [-0.4, -0.2) is 16.9 Å². The molecule has 1 aliphatic rings. The van der Waals surface area contributed by atoms with Crippen molar-refractivity contribution in [1.82, 2.24) is 10.3 Å². The van der Waals surface area contributed by atoms with Gasteiger partial charge in [-0.2, -0.15) is 0 Å². The second-order valence-corrected chi connectivity index (χ2v) is 4.82. The van der Waals surface area contributed by atoms with Crippen LogP contribution >= 0.6 is 0 Å². The van der Waals surface area contributed by atoms with E-state index in [4.69, 9.17) is 5.73 Å². The zero-order valence-corrected chi connectivity index (χ0v) is 10.4. The predicted octanol–water partition coefficient (Wildman–Crippen LogP) is 2.11. The lowest BCUT2D eigenvalue weighted by Gasteiger charge is -2.17. The lowest BCUT2D eigenvalue weighted by molar-refractivity contribution is 0.0928. The van der Waals surface area contributed by atoms with Crippen molar-refractivity contribution >= 4 is 11.7 Å². The lowest BCUT2D eigenvalue weighted by atomic mass is 10.1. The molecule has 0 saturated heterocycles. The first-order valence-corrected chi connectivity index (χ1v) is 6.32. The zero-order chi connectivity index (χ0) is 13.1. The van der Waals surface area contributed by atoms with Crippen molar-refractivity contribution in [2.24, 2.45) is 5.92 Å². The second-order valence-electron chi connectivity index (χ2n) is 4.82. The minimum absolute atomic E-state index is 0.0308. The Morgan fingerprint density at radius 2 is 2.39 bits per heavy atom. The number of aromatic nitrogens is 1. The number of hydrogen-bond acceptors (Lipinski definition) is 3.